The van der Waals surface area contributed by atoms with Crippen LogP contribution >= 0.6 is 0 Å². The van der Waals surface area contributed by atoms with Crippen molar-refractivity contribution in [1.29, 1.82) is 0 Å². The molecule has 1 heterocycles. The van der Waals surface area contributed by atoms with Crippen molar-refractivity contribution in [2.24, 2.45) is 17.8 Å². The van der Waals surface area contributed by atoms with E-state index >= 15 is 0 Å². The molecule has 0 aromatic rings. The number of morpholine rings is 1. The van der Waals surface area contributed by atoms with E-state index in [1.165, 1.54) is 12.8 Å². The second kappa shape index (κ2) is 4.62. The number of hydrogen-bond acceptors (Lipinski definition) is 3. The Morgan fingerprint density at radius 1 is 1.00 bits per heavy atom. The lowest BCUT2D eigenvalue weighted by molar-refractivity contribution is -0.167. The Morgan fingerprint density at radius 3 is 2.17 bits per heavy atom. The van der Waals surface area contributed by atoms with Gasteiger partial charge in [0.25, 0.3) is 0 Å². The van der Waals surface area contributed by atoms with Crippen LogP contribution in [-0.2, 0) is 4.74 Å². The summed E-state index contributed by atoms with van der Waals surface area (Å²) in [5.74, 6) is 2.36. The van der Waals surface area contributed by atoms with Gasteiger partial charge in [-0.2, -0.15) is 0 Å². The SMILES string of the molecule is OC12CC3C[C@H](C1)C(N1CCOCC1)[C@@H](C3)C2.[Cl-]. The number of ether oxygens (including phenoxy) is 1. The molecule has 18 heavy (non-hydrogen) atoms. The Labute approximate surface area is 115 Å². The molecule has 5 aliphatic rings. The molecule has 0 radical (unpaired) electrons. The van der Waals surface area contributed by atoms with E-state index in [0.717, 1.165) is 69.4 Å². The van der Waals surface area contributed by atoms with Crippen LogP contribution in [0.4, 0.5) is 0 Å². The summed E-state index contributed by atoms with van der Waals surface area (Å²) in [6.07, 6.45) is 5.99. The summed E-state index contributed by atoms with van der Waals surface area (Å²) in [5.41, 5.74) is -0.278. The zero-order chi connectivity index (χ0) is 11.5. The zero-order valence-corrected chi connectivity index (χ0v) is 11.6. The zero-order valence-electron chi connectivity index (χ0n) is 10.9. The molecule has 1 saturated heterocycles. The first-order valence-electron chi connectivity index (χ1n) is 7.28. The fourth-order valence-corrected chi connectivity index (χ4v) is 5.43. The maximum Gasteiger partial charge on any atom is 0.0657 e. The third kappa shape index (κ3) is 2.00. The number of rotatable bonds is 1. The van der Waals surface area contributed by atoms with Crippen LogP contribution in [-0.4, -0.2) is 48.0 Å². The number of nitrogens with zero attached hydrogens (tertiary/aromatic N) is 1. The molecule has 0 spiro atoms. The Kier molecular flexibility index (Phi) is 3.38. The molecular formula is C14H23ClNO2-. The van der Waals surface area contributed by atoms with Gasteiger partial charge < -0.3 is 22.3 Å². The summed E-state index contributed by atoms with van der Waals surface area (Å²) < 4.78 is 5.47. The highest BCUT2D eigenvalue weighted by Gasteiger charge is 2.55. The Bertz CT molecular complexity index is 303. The second-order valence-corrected chi connectivity index (χ2v) is 6.83. The molecule has 4 saturated carbocycles. The van der Waals surface area contributed by atoms with E-state index < -0.39 is 0 Å². The highest BCUT2D eigenvalue weighted by Crippen LogP contribution is 2.56. The lowest BCUT2D eigenvalue weighted by Crippen LogP contribution is -3.00. The third-order valence-electron chi connectivity index (χ3n) is 5.66. The predicted octanol–water partition coefficient (Wildman–Crippen LogP) is -1.74. The minimum atomic E-state index is -0.278. The highest BCUT2D eigenvalue weighted by molar-refractivity contribution is 5.08. The van der Waals surface area contributed by atoms with E-state index in [4.69, 9.17) is 4.74 Å². The van der Waals surface area contributed by atoms with E-state index in [0.29, 0.717) is 0 Å². The first-order chi connectivity index (χ1) is 8.23. The topological polar surface area (TPSA) is 32.7 Å². The monoisotopic (exact) mass is 272 g/mol. The van der Waals surface area contributed by atoms with Gasteiger partial charge in [-0.25, -0.2) is 0 Å². The van der Waals surface area contributed by atoms with Gasteiger partial charge in [0.1, 0.15) is 0 Å². The molecule has 3 nitrogen and oxygen atoms in total. The van der Waals surface area contributed by atoms with Gasteiger partial charge in [0.2, 0.25) is 0 Å². The molecule has 5 rings (SSSR count). The molecule has 1 N–H and O–H groups in total. The van der Waals surface area contributed by atoms with Gasteiger partial charge in [0.05, 0.1) is 18.8 Å². The quantitative estimate of drug-likeness (QED) is 0.615. The first-order valence-corrected chi connectivity index (χ1v) is 7.28. The van der Waals surface area contributed by atoms with Crippen molar-refractivity contribution in [3.05, 3.63) is 0 Å². The molecule has 3 unspecified atom stereocenters. The Hall–Kier alpha value is 0.170. The van der Waals surface area contributed by atoms with Gasteiger partial charge >= 0.3 is 0 Å². The maximum atomic E-state index is 10.6. The van der Waals surface area contributed by atoms with E-state index in [1.807, 2.05) is 0 Å². The van der Waals surface area contributed by atoms with Crippen molar-refractivity contribution in [2.75, 3.05) is 26.3 Å². The fraction of sp³-hybridized carbons (Fsp3) is 1.00. The van der Waals surface area contributed by atoms with Crippen LogP contribution in [0, 0.1) is 17.8 Å². The average Bonchev–Trinajstić information content (AvgIpc) is 2.27. The van der Waals surface area contributed by atoms with E-state index in [-0.39, 0.29) is 18.0 Å². The summed E-state index contributed by atoms with van der Waals surface area (Å²) in [6.45, 7) is 4.04. The molecule has 0 aromatic heterocycles. The predicted molar refractivity (Wildman–Crippen MR) is 64.7 cm³/mol. The molecule has 4 aliphatic carbocycles. The van der Waals surface area contributed by atoms with Crippen molar-refractivity contribution < 1.29 is 22.3 Å². The number of hydrogen-bond donors (Lipinski definition) is 1. The van der Waals surface area contributed by atoms with Crippen molar-refractivity contribution in [1.82, 2.24) is 4.90 Å². The van der Waals surface area contributed by atoms with Crippen molar-refractivity contribution >= 4 is 0 Å². The van der Waals surface area contributed by atoms with Crippen LogP contribution < -0.4 is 12.4 Å². The Morgan fingerprint density at radius 2 is 1.61 bits per heavy atom. The lowest BCUT2D eigenvalue weighted by atomic mass is 9.52. The molecule has 5 atom stereocenters. The smallest absolute Gasteiger partial charge is 0.0657 e. The van der Waals surface area contributed by atoms with Crippen LogP contribution in [0.1, 0.15) is 32.1 Å². The summed E-state index contributed by atoms with van der Waals surface area (Å²) in [7, 11) is 0. The summed E-state index contributed by atoms with van der Waals surface area (Å²) >= 11 is 0. The average molecular weight is 273 g/mol. The van der Waals surface area contributed by atoms with E-state index in [9.17, 15) is 5.11 Å². The van der Waals surface area contributed by atoms with Crippen LogP contribution in [0.3, 0.4) is 0 Å². The largest absolute Gasteiger partial charge is 1.00 e. The van der Waals surface area contributed by atoms with Gasteiger partial charge in [-0.1, -0.05) is 0 Å². The minimum Gasteiger partial charge on any atom is -1.00 e. The van der Waals surface area contributed by atoms with E-state index in [2.05, 4.69) is 4.90 Å². The van der Waals surface area contributed by atoms with Crippen molar-refractivity contribution in [3.63, 3.8) is 0 Å². The summed E-state index contributed by atoms with van der Waals surface area (Å²) in [5, 5.41) is 10.6. The van der Waals surface area contributed by atoms with Crippen LogP contribution in [0.15, 0.2) is 0 Å². The lowest BCUT2D eigenvalue weighted by Gasteiger charge is -2.60. The summed E-state index contributed by atoms with van der Waals surface area (Å²) in [6, 6.07) is 0.760. The molecule has 5 fully saturated rings. The van der Waals surface area contributed by atoms with Gasteiger partial charge in [-0.05, 0) is 49.9 Å². The molecule has 4 bridgehead atoms. The molecule has 1 aliphatic heterocycles. The van der Waals surface area contributed by atoms with Gasteiger partial charge in [0.15, 0.2) is 0 Å². The fourth-order valence-electron chi connectivity index (χ4n) is 5.43. The van der Waals surface area contributed by atoms with Gasteiger partial charge in [0, 0.05) is 19.1 Å². The highest BCUT2D eigenvalue weighted by atomic mass is 35.5. The molecule has 104 valence electrons. The minimum absolute atomic E-state index is 0. The van der Waals surface area contributed by atoms with Crippen molar-refractivity contribution in [2.45, 2.75) is 43.7 Å². The van der Waals surface area contributed by atoms with E-state index in [1.54, 1.807) is 0 Å². The molecule has 4 heteroatoms. The maximum absolute atomic E-state index is 10.6. The number of halogens is 1. The van der Waals surface area contributed by atoms with Gasteiger partial charge in [-0.15, -0.1) is 0 Å². The van der Waals surface area contributed by atoms with Gasteiger partial charge in [-0.3, -0.25) is 4.90 Å². The standard InChI is InChI=1S/C14H23NO2.ClH/c16-14-7-10-5-11(8-14)13(12(6-10)9-14)15-1-3-17-4-2-15;/h10-13,16H,1-9H2;1H/p-1/t10?,11-,12+,13?,14?;. The van der Waals surface area contributed by atoms with Crippen molar-refractivity contribution in [3.8, 4) is 0 Å². The molecule has 0 amide bonds. The molecular weight excluding hydrogens is 250 g/mol. The van der Waals surface area contributed by atoms with Crippen LogP contribution in [0.2, 0.25) is 0 Å². The second-order valence-electron chi connectivity index (χ2n) is 6.83. The molecule has 0 aromatic carbocycles. The van der Waals surface area contributed by atoms with Crippen LogP contribution in [0.25, 0.3) is 0 Å². The summed E-state index contributed by atoms with van der Waals surface area (Å²) in [4.78, 5) is 2.67. The third-order valence-corrected chi connectivity index (χ3v) is 5.66. The first kappa shape index (κ1) is 13.2. The normalized spacial score (nSPS) is 51.2. The number of aliphatic hydroxyl groups is 1. The van der Waals surface area contributed by atoms with Crippen LogP contribution in [0.5, 0.6) is 0 Å². The Balaban J connectivity index is 0.000001000.